The van der Waals surface area contributed by atoms with Crippen LogP contribution in [0, 0.1) is 0 Å². The maximum atomic E-state index is 11.7. The topological polar surface area (TPSA) is 43.5 Å². The lowest BCUT2D eigenvalue weighted by molar-refractivity contribution is -0.433. The van der Waals surface area contributed by atoms with E-state index in [1.54, 1.807) is 6.07 Å². The van der Waals surface area contributed by atoms with Gasteiger partial charge in [-0.05, 0) is 105 Å². The minimum Gasteiger partial charge on any atom is -0.478 e. The number of rotatable bonds is 6. The Morgan fingerprint density at radius 1 is 0.822 bits per heavy atom. The monoisotopic (exact) mass is 595 g/mol. The zero-order valence-electron chi connectivity index (χ0n) is 27.1. The van der Waals surface area contributed by atoms with Gasteiger partial charge in [0.25, 0.3) is 0 Å². The standard InChI is InChI=1S/C41H42N2O2/c1-6-42-35-21-20-31(38(44)45)27-33(35)39(2,3)37(42)23-16-28-14-17-29(18-15-28)30-19-22-36-34(26-30)40(4)24-10-11-25-41(40,5)43(36)32-12-8-7-9-13-32/h7-9,12-23,26-27H,6,10-11,24-25H2,1-5H3/p+1. The van der Waals surface area contributed by atoms with Gasteiger partial charge in [-0.2, -0.15) is 4.58 Å². The van der Waals surface area contributed by atoms with Crippen molar-refractivity contribution in [3.05, 3.63) is 119 Å². The van der Waals surface area contributed by atoms with Crippen LogP contribution in [0.3, 0.4) is 0 Å². The number of hydrogen-bond acceptors (Lipinski definition) is 2. The minimum absolute atomic E-state index is 0.0507. The van der Waals surface area contributed by atoms with Crippen LogP contribution in [0.1, 0.15) is 87.4 Å². The van der Waals surface area contributed by atoms with E-state index in [0.29, 0.717) is 5.56 Å². The summed E-state index contributed by atoms with van der Waals surface area (Å²) < 4.78 is 2.30. The first-order chi connectivity index (χ1) is 21.6. The molecule has 2 aliphatic heterocycles. The third-order valence-electron chi connectivity index (χ3n) is 11.3. The van der Waals surface area contributed by atoms with Gasteiger partial charge in [0.1, 0.15) is 6.54 Å². The summed E-state index contributed by atoms with van der Waals surface area (Å²) in [6.07, 6.45) is 9.34. The highest BCUT2D eigenvalue weighted by molar-refractivity contribution is 6.06. The van der Waals surface area contributed by atoms with E-state index in [1.807, 2.05) is 12.1 Å². The zero-order valence-corrected chi connectivity index (χ0v) is 27.1. The molecule has 0 spiro atoms. The summed E-state index contributed by atoms with van der Waals surface area (Å²) in [6.45, 7) is 12.3. The van der Waals surface area contributed by atoms with E-state index in [-0.39, 0.29) is 16.4 Å². The van der Waals surface area contributed by atoms with Gasteiger partial charge in [-0.3, -0.25) is 0 Å². The van der Waals surface area contributed by atoms with E-state index >= 15 is 0 Å². The van der Waals surface area contributed by atoms with E-state index in [1.165, 1.54) is 59.5 Å². The van der Waals surface area contributed by atoms with Crippen LogP contribution < -0.4 is 4.90 Å². The normalized spacial score (nSPS) is 23.3. The molecule has 1 saturated carbocycles. The fraction of sp³-hybridized carbons (Fsp3) is 0.317. The van der Waals surface area contributed by atoms with Gasteiger partial charge in [-0.1, -0.05) is 68.3 Å². The molecule has 0 amide bonds. The molecule has 2 heterocycles. The van der Waals surface area contributed by atoms with Crippen molar-refractivity contribution >= 4 is 34.8 Å². The summed E-state index contributed by atoms with van der Waals surface area (Å²) in [6, 6.07) is 32.4. The molecule has 4 aromatic carbocycles. The molecule has 0 aromatic heterocycles. The van der Waals surface area contributed by atoms with Gasteiger partial charge in [0, 0.05) is 34.5 Å². The quantitative estimate of drug-likeness (QED) is 0.226. The number of allylic oxidation sites excluding steroid dienone is 1. The van der Waals surface area contributed by atoms with Crippen molar-refractivity contribution in [2.45, 2.75) is 76.7 Å². The molecule has 0 bridgehead atoms. The number of anilines is 2. The first-order valence-corrected chi connectivity index (χ1v) is 16.4. The van der Waals surface area contributed by atoms with Gasteiger partial charge >= 0.3 is 5.97 Å². The molecule has 3 aliphatic rings. The van der Waals surface area contributed by atoms with Crippen LogP contribution in [0.5, 0.6) is 0 Å². The molecule has 0 saturated heterocycles. The van der Waals surface area contributed by atoms with E-state index in [0.717, 1.165) is 23.4 Å². The highest BCUT2D eigenvalue weighted by Gasteiger charge is 2.57. The van der Waals surface area contributed by atoms with Gasteiger partial charge in [-0.15, -0.1) is 0 Å². The summed E-state index contributed by atoms with van der Waals surface area (Å²) in [4.78, 5) is 14.3. The number of hydrogen-bond donors (Lipinski definition) is 1. The molecular formula is C41H43N2O2+. The molecule has 7 rings (SSSR count). The molecule has 1 aliphatic carbocycles. The van der Waals surface area contributed by atoms with Crippen LogP contribution in [0.15, 0.2) is 97.1 Å². The summed E-state index contributed by atoms with van der Waals surface area (Å²) in [5, 5.41) is 9.58. The molecule has 1 N–H and O–H groups in total. The summed E-state index contributed by atoms with van der Waals surface area (Å²) in [5.41, 5.74) is 11.3. The molecule has 0 radical (unpaired) electrons. The van der Waals surface area contributed by atoms with E-state index in [2.05, 4.69) is 129 Å². The van der Waals surface area contributed by atoms with Crippen LogP contribution in [0.2, 0.25) is 0 Å². The second-order valence-electron chi connectivity index (χ2n) is 14.0. The number of carboxylic acid groups (broad SMARTS) is 1. The van der Waals surface area contributed by atoms with Crippen molar-refractivity contribution in [3.63, 3.8) is 0 Å². The Balaban J connectivity index is 1.20. The highest BCUT2D eigenvalue weighted by atomic mass is 16.4. The fourth-order valence-electron chi connectivity index (χ4n) is 8.51. The zero-order chi connectivity index (χ0) is 31.6. The van der Waals surface area contributed by atoms with E-state index < -0.39 is 5.97 Å². The lowest BCUT2D eigenvalue weighted by Crippen LogP contribution is -2.54. The molecule has 4 aromatic rings. The van der Waals surface area contributed by atoms with Crippen molar-refractivity contribution in [3.8, 4) is 11.1 Å². The number of benzene rings is 4. The smallest absolute Gasteiger partial charge is 0.335 e. The Morgan fingerprint density at radius 2 is 1.53 bits per heavy atom. The molecular weight excluding hydrogens is 552 g/mol. The lowest BCUT2D eigenvalue weighted by Gasteiger charge is -2.50. The molecule has 2 atom stereocenters. The average Bonchev–Trinajstić information content (AvgIpc) is 3.39. The molecule has 45 heavy (non-hydrogen) atoms. The first kappa shape index (κ1) is 29.3. The molecule has 4 heteroatoms. The molecule has 1 fully saturated rings. The Labute approximate surface area is 267 Å². The van der Waals surface area contributed by atoms with Crippen molar-refractivity contribution < 1.29 is 14.5 Å². The summed E-state index contributed by atoms with van der Waals surface area (Å²) in [5.74, 6) is -0.889. The largest absolute Gasteiger partial charge is 0.478 e. The van der Waals surface area contributed by atoms with Gasteiger partial charge in [0.15, 0.2) is 5.71 Å². The Hall–Kier alpha value is -4.44. The second-order valence-corrected chi connectivity index (χ2v) is 14.0. The maximum absolute atomic E-state index is 11.7. The molecule has 4 nitrogen and oxygen atoms in total. The SMILES string of the molecule is CC[N+]1=C(/C=C/c2ccc(-c3ccc4c(c3)C3(C)CCCCC3(C)N4c3ccccc3)cc2)C(C)(C)c2cc(C(=O)O)ccc21. The minimum atomic E-state index is -0.889. The Bertz CT molecular complexity index is 1870. The van der Waals surface area contributed by atoms with Crippen molar-refractivity contribution in [1.82, 2.24) is 0 Å². The third kappa shape index (κ3) is 4.40. The third-order valence-corrected chi connectivity index (χ3v) is 11.3. The van der Waals surface area contributed by atoms with Crippen LogP contribution in [-0.2, 0) is 10.8 Å². The molecule has 228 valence electrons. The number of para-hydroxylation sites is 1. The number of aromatic carboxylic acids is 1. The Kier molecular flexibility index (Phi) is 6.88. The van der Waals surface area contributed by atoms with Crippen molar-refractivity contribution in [2.75, 3.05) is 11.4 Å². The predicted molar refractivity (Wildman–Crippen MR) is 186 cm³/mol. The van der Waals surface area contributed by atoms with Gasteiger partial charge in [-0.25, -0.2) is 4.79 Å². The molecule has 2 unspecified atom stereocenters. The van der Waals surface area contributed by atoms with Gasteiger partial charge in [0.05, 0.1) is 16.5 Å². The highest BCUT2D eigenvalue weighted by Crippen LogP contribution is 2.61. The number of fused-ring (bicyclic) bond motifs is 4. The van der Waals surface area contributed by atoms with E-state index in [9.17, 15) is 9.90 Å². The Morgan fingerprint density at radius 3 is 2.24 bits per heavy atom. The number of carbonyl (C=O) groups is 1. The van der Waals surface area contributed by atoms with Crippen LogP contribution >= 0.6 is 0 Å². The average molecular weight is 596 g/mol. The number of carboxylic acids is 1. The van der Waals surface area contributed by atoms with Crippen LogP contribution in [0.4, 0.5) is 17.1 Å². The van der Waals surface area contributed by atoms with Gasteiger partial charge < -0.3 is 10.0 Å². The lowest BCUT2D eigenvalue weighted by atomic mass is 9.61. The summed E-state index contributed by atoms with van der Waals surface area (Å²) in [7, 11) is 0. The van der Waals surface area contributed by atoms with Crippen LogP contribution in [0.25, 0.3) is 17.2 Å². The second kappa shape index (κ2) is 10.6. The van der Waals surface area contributed by atoms with E-state index in [4.69, 9.17) is 0 Å². The summed E-state index contributed by atoms with van der Waals surface area (Å²) >= 11 is 0. The maximum Gasteiger partial charge on any atom is 0.335 e. The number of nitrogens with zero attached hydrogens (tertiary/aromatic N) is 2. The first-order valence-electron chi connectivity index (χ1n) is 16.4. The predicted octanol–water partition coefficient (Wildman–Crippen LogP) is 9.90. The van der Waals surface area contributed by atoms with Gasteiger partial charge in [0.2, 0.25) is 5.69 Å². The van der Waals surface area contributed by atoms with Crippen molar-refractivity contribution in [2.24, 2.45) is 0 Å². The van der Waals surface area contributed by atoms with Crippen molar-refractivity contribution in [1.29, 1.82) is 0 Å². The fourth-order valence-corrected chi connectivity index (χ4v) is 8.51. The van der Waals surface area contributed by atoms with Crippen LogP contribution in [-0.4, -0.2) is 33.4 Å².